The zero-order valence-corrected chi connectivity index (χ0v) is 17.1. The average Bonchev–Trinajstić information content (AvgIpc) is 3.28. The zero-order valence-electron chi connectivity index (χ0n) is 17.1. The Kier molecular flexibility index (Phi) is 5.46. The van der Waals surface area contributed by atoms with Crippen molar-refractivity contribution in [2.75, 3.05) is 19.8 Å². The molecule has 1 atom stereocenters. The third-order valence-electron chi connectivity index (χ3n) is 5.33. The average molecular weight is 407 g/mol. The van der Waals surface area contributed by atoms with Crippen LogP contribution >= 0.6 is 0 Å². The van der Waals surface area contributed by atoms with E-state index in [0.29, 0.717) is 36.5 Å². The molecular formula is C23H25N3O4. The molecule has 0 fully saturated rings. The summed E-state index contributed by atoms with van der Waals surface area (Å²) in [4.78, 5) is 14.9. The van der Waals surface area contributed by atoms with Crippen molar-refractivity contribution in [2.45, 2.75) is 26.3 Å². The number of aryl methyl sites for hydroxylation is 1. The fourth-order valence-corrected chi connectivity index (χ4v) is 3.97. The van der Waals surface area contributed by atoms with Crippen LogP contribution in [0.15, 0.2) is 42.5 Å². The number of carbonyl (C=O) groups excluding carboxylic acids is 1. The highest BCUT2D eigenvalue weighted by molar-refractivity contribution is 6.00. The van der Waals surface area contributed by atoms with Crippen LogP contribution in [-0.4, -0.2) is 51.0 Å². The molecule has 3 N–H and O–H groups in total. The molecule has 1 aliphatic heterocycles. The van der Waals surface area contributed by atoms with Gasteiger partial charge < -0.3 is 19.8 Å². The van der Waals surface area contributed by atoms with Gasteiger partial charge in [0.05, 0.1) is 12.6 Å². The van der Waals surface area contributed by atoms with Gasteiger partial charge in [-0.2, -0.15) is 5.10 Å². The normalized spacial score (nSPS) is 15.5. The maximum Gasteiger partial charge on any atom is 0.273 e. The Labute approximate surface area is 174 Å². The molecule has 7 nitrogen and oxygen atoms in total. The molecule has 7 heteroatoms. The summed E-state index contributed by atoms with van der Waals surface area (Å²) in [5.41, 5.74) is 4.20. The number of ether oxygens (including phenoxy) is 1. The molecule has 0 aliphatic carbocycles. The number of aromatic amines is 1. The van der Waals surface area contributed by atoms with Gasteiger partial charge in [0.25, 0.3) is 5.91 Å². The van der Waals surface area contributed by atoms with Gasteiger partial charge in [-0.1, -0.05) is 23.8 Å². The number of hydrogen-bond donors (Lipinski definition) is 3. The number of nitrogens with one attached hydrogen (secondary N) is 1. The molecule has 1 amide bonds. The second-order valence-electron chi connectivity index (χ2n) is 7.36. The molecule has 0 bridgehead atoms. The van der Waals surface area contributed by atoms with Crippen molar-refractivity contribution < 1.29 is 19.7 Å². The first kappa shape index (κ1) is 20.0. The quantitative estimate of drug-likeness (QED) is 0.557. The molecule has 0 radical (unpaired) electrons. The van der Waals surface area contributed by atoms with E-state index < -0.39 is 0 Å². The monoisotopic (exact) mass is 407 g/mol. The van der Waals surface area contributed by atoms with E-state index in [1.54, 1.807) is 11.0 Å². The first-order valence-corrected chi connectivity index (χ1v) is 10.1. The lowest BCUT2D eigenvalue weighted by atomic mass is 9.95. The summed E-state index contributed by atoms with van der Waals surface area (Å²) < 4.78 is 5.55. The van der Waals surface area contributed by atoms with Gasteiger partial charge in [-0.05, 0) is 50.1 Å². The highest BCUT2D eigenvalue weighted by Crippen LogP contribution is 2.44. The Morgan fingerprint density at radius 1 is 1.20 bits per heavy atom. The van der Waals surface area contributed by atoms with Gasteiger partial charge in [-0.15, -0.1) is 0 Å². The third kappa shape index (κ3) is 3.41. The minimum Gasteiger partial charge on any atom is -0.507 e. The van der Waals surface area contributed by atoms with Crippen molar-refractivity contribution in [3.8, 4) is 22.8 Å². The molecule has 30 heavy (non-hydrogen) atoms. The number of phenolic OH excluding ortho intramolecular Hbond substituents is 1. The lowest BCUT2D eigenvalue weighted by Gasteiger charge is -2.26. The molecule has 4 rings (SSSR count). The highest BCUT2D eigenvalue weighted by atomic mass is 16.5. The molecule has 2 aromatic carbocycles. The summed E-state index contributed by atoms with van der Waals surface area (Å²) in [5.74, 6) is 0.710. The van der Waals surface area contributed by atoms with E-state index in [4.69, 9.17) is 4.74 Å². The predicted molar refractivity (Wildman–Crippen MR) is 113 cm³/mol. The first-order valence-electron chi connectivity index (χ1n) is 10.1. The van der Waals surface area contributed by atoms with Crippen molar-refractivity contribution in [3.05, 3.63) is 64.8 Å². The summed E-state index contributed by atoms with van der Waals surface area (Å²) in [6, 6.07) is 12.6. The minimum absolute atomic E-state index is 0.00249. The van der Waals surface area contributed by atoms with Crippen molar-refractivity contribution >= 4 is 5.91 Å². The highest BCUT2D eigenvalue weighted by Gasteiger charge is 2.42. The van der Waals surface area contributed by atoms with Gasteiger partial charge in [-0.3, -0.25) is 9.89 Å². The van der Waals surface area contributed by atoms with E-state index in [-0.39, 0.29) is 24.3 Å². The predicted octanol–water partition coefficient (Wildman–Crippen LogP) is 3.42. The number of aromatic nitrogens is 2. The van der Waals surface area contributed by atoms with E-state index >= 15 is 0 Å². The maximum atomic E-state index is 13.1. The number of benzene rings is 2. The van der Waals surface area contributed by atoms with Gasteiger partial charge >= 0.3 is 0 Å². The van der Waals surface area contributed by atoms with Gasteiger partial charge in [0.1, 0.15) is 22.9 Å². The van der Waals surface area contributed by atoms with Crippen LogP contribution in [0.25, 0.3) is 11.3 Å². The zero-order chi connectivity index (χ0) is 21.3. The van der Waals surface area contributed by atoms with Crippen molar-refractivity contribution in [1.82, 2.24) is 15.1 Å². The number of nitrogens with zero attached hydrogens (tertiary/aromatic N) is 2. The van der Waals surface area contributed by atoms with E-state index in [2.05, 4.69) is 10.2 Å². The molecule has 1 aromatic heterocycles. The summed E-state index contributed by atoms with van der Waals surface area (Å²) in [7, 11) is 0. The number of aromatic hydroxyl groups is 1. The number of H-pyrrole nitrogens is 1. The van der Waals surface area contributed by atoms with Gasteiger partial charge in [-0.25, -0.2) is 0 Å². The van der Waals surface area contributed by atoms with Crippen LogP contribution < -0.4 is 4.74 Å². The smallest absolute Gasteiger partial charge is 0.273 e. The fourth-order valence-electron chi connectivity index (χ4n) is 3.97. The lowest BCUT2D eigenvalue weighted by Crippen LogP contribution is -2.31. The largest absolute Gasteiger partial charge is 0.507 e. The second kappa shape index (κ2) is 8.20. The Hall–Kier alpha value is -3.32. The van der Waals surface area contributed by atoms with Crippen LogP contribution in [0.1, 0.15) is 46.6 Å². The third-order valence-corrected chi connectivity index (χ3v) is 5.33. The van der Waals surface area contributed by atoms with Crippen molar-refractivity contribution in [3.63, 3.8) is 0 Å². The van der Waals surface area contributed by atoms with Crippen LogP contribution in [0.5, 0.6) is 11.5 Å². The number of phenols is 1. The summed E-state index contributed by atoms with van der Waals surface area (Å²) in [6.45, 7) is 4.86. The topological polar surface area (TPSA) is 98.7 Å². The van der Waals surface area contributed by atoms with E-state index in [1.807, 2.05) is 50.2 Å². The molecule has 0 spiro atoms. The Morgan fingerprint density at radius 3 is 2.67 bits per heavy atom. The second-order valence-corrected chi connectivity index (χ2v) is 7.36. The molecule has 3 aromatic rings. The van der Waals surface area contributed by atoms with Crippen molar-refractivity contribution in [1.29, 1.82) is 0 Å². The van der Waals surface area contributed by atoms with Crippen LogP contribution in [0, 0.1) is 6.92 Å². The van der Waals surface area contributed by atoms with Gasteiger partial charge in [0.15, 0.2) is 0 Å². The standard InChI is InChI=1S/C23H25N3O4/c1-3-30-16-8-6-15(7-9-16)22-19-20(17-13-14(2)5-10-18(17)28)24-25-21(19)23(29)26(22)11-4-12-27/h5-10,13,22,27-28H,3-4,11-12H2,1-2H3,(H,24,25)/t22-/m1/s1. The molecule has 0 saturated carbocycles. The van der Waals surface area contributed by atoms with Crippen LogP contribution in [0.2, 0.25) is 0 Å². The number of aliphatic hydroxyl groups excluding tert-OH is 1. The van der Waals surface area contributed by atoms with Crippen LogP contribution in [0.4, 0.5) is 0 Å². The molecule has 0 saturated heterocycles. The number of aliphatic hydroxyl groups is 1. The maximum absolute atomic E-state index is 13.1. The van der Waals surface area contributed by atoms with E-state index in [0.717, 1.165) is 22.4 Å². The number of hydrogen-bond acceptors (Lipinski definition) is 5. The molecule has 0 unspecified atom stereocenters. The van der Waals surface area contributed by atoms with Gasteiger partial charge in [0, 0.05) is 24.3 Å². The lowest BCUT2D eigenvalue weighted by molar-refractivity contribution is 0.0732. The van der Waals surface area contributed by atoms with Gasteiger partial charge in [0.2, 0.25) is 0 Å². The van der Waals surface area contributed by atoms with Crippen molar-refractivity contribution in [2.24, 2.45) is 0 Å². The van der Waals surface area contributed by atoms with E-state index in [1.165, 1.54) is 0 Å². The Morgan fingerprint density at radius 2 is 1.97 bits per heavy atom. The SMILES string of the molecule is CCOc1ccc([C@@H]2c3c(-c4cc(C)ccc4O)n[nH]c3C(=O)N2CCCO)cc1. The Balaban J connectivity index is 1.84. The first-order chi connectivity index (χ1) is 14.5. The number of fused-ring (bicyclic) bond motifs is 1. The molecule has 156 valence electrons. The summed E-state index contributed by atoms with van der Waals surface area (Å²) in [5, 5.41) is 27.1. The molecule has 2 heterocycles. The number of carbonyl (C=O) groups is 1. The summed E-state index contributed by atoms with van der Waals surface area (Å²) >= 11 is 0. The summed E-state index contributed by atoms with van der Waals surface area (Å²) in [6.07, 6.45) is 0.474. The number of amides is 1. The number of rotatable bonds is 7. The van der Waals surface area contributed by atoms with Crippen LogP contribution in [-0.2, 0) is 0 Å². The Bertz CT molecular complexity index is 1060. The van der Waals surface area contributed by atoms with Crippen LogP contribution in [0.3, 0.4) is 0 Å². The fraction of sp³-hybridized carbons (Fsp3) is 0.304. The molecular weight excluding hydrogens is 382 g/mol. The molecule has 1 aliphatic rings. The minimum atomic E-state index is -0.372. The van der Waals surface area contributed by atoms with E-state index in [9.17, 15) is 15.0 Å².